The first-order valence-corrected chi connectivity index (χ1v) is 8.03. The molecule has 2 amide bonds. The molecule has 1 aliphatic heterocycles. The maximum atomic E-state index is 11.3. The number of rotatable bonds is 11. The number of hydrogen-bond acceptors (Lipinski definition) is 3. The molecule has 0 fully saturated rings. The molecule has 0 spiro atoms. The molecule has 0 aromatic heterocycles. The van der Waals surface area contributed by atoms with Crippen molar-refractivity contribution in [2.45, 2.75) is 57.8 Å². The summed E-state index contributed by atoms with van der Waals surface area (Å²) in [7, 11) is 0. The van der Waals surface area contributed by atoms with Crippen LogP contribution in [0.4, 0.5) is 0 Å². The minimum Gasteiger partial charge on any atom is -0.275 e. The molecule has 0 unspecified atom stereocenters. The second-order valence-electron chi connectivity index (χ2n) is 5.07. The van der Waals surface area contributed by atoms with Crippen LogP contribution in [0.3, 0.4) is 0 Å². The van der Waals surface area contributed by atoms with E-state index in [1.54, 1.807) is 0 Å². The van der Waals surface area contributed by atoms with Gasteiger partial charge in [-0.2, -0.15) is 12.6 Å². The van der Waals surface area contributed by atoms with Gasteiger partial charge in [0.25, 0.3) is 11.8 Å². The number of unbranched alkanes of at least 4 members (excludes halogenated alkanes) is 8. The van der Waals surface area contributed by atoms with Crippen LogP contribution >= 0.6 is 12.6 Å². The van der Waals surface area contributed by atoms with E-state index >= 15 is 0 Å². The van der Waals surface area contributed by atoms with Crippen molar-refractivity contribution in [2.24, 2.45) is 0 Å². The Labute approximate surface area is 121 Å². The Morgan fingerprint density at radius 3 is 1.63 bits per heavy atom. The molecule has 0 N–H and O–H groups in total. The van der Waals surface area contributed by atoms with Crippen molar-refractivity contribution in [3.8, 4) is 0 Å². The molecule has 0 atom stereocenters. The van der Waals surface area contributed by atoms with Crippen molar-refractivity contribution in [2.75, 3.05) is 12.3 Å². The lowest BCUT2D eigenvalue weighted by molar-refractivity contribution is -0.136. The van der Waals surface area contributed by atoms with Crippen molar-refractivity contribution in [1.29, 1.82) is 0 Å². The van der Waals surface area contributed by atoms with Crippen LogP contribution in [0.15, 0.2) is 12.2 Å². The summed E-state index contributed by atoms with van der Waals surface area (Å²) < 4.78 is 0. The van der Waals surface area contributed by atoms with Gasteiger partial charge in [-0.05, 0) is 18.6 Å². The van der Waals surface area contributed by atoms with Gasteiger partial charge in [0.15, 0.2) is 0 Å². The summed E-state index contributed by atoms with van der Waals surface area (Å²) in [5.41, 5.74) is 0. The largest absolute Gasteiger partial charge is 0.275 e. The molecule has 0 radical (unpaired) electrons. The number of carbonyl (C=O) groups is 2. The highest BCUT2D eigenvalue weighted by Gasteiger charge is 2.21. The van der Waals surface area contributed by atoms with Crippen molar-refractivity contribution in [3.05, 3.63) is 12.2 Å². The van der Waals surface area contributed by atoms with E-state index in [2.05, 4.69) is 12.6 Å². The van der Waals surface area contributed by atoms with Gasteiger partial charge in [-0.1, -0.05) is 44.9 Å². The van der Waals surface area contributed by atoms with Crippen LogP contribution in [0, 0.1) is 0 Å². The Morgan fingerprint density at radius 2 is 1.16 bits per heavy atom. The Bertz CT molecular complexity index is 297. The van der Waals surface area contributed by atoms with Gasteiger partial charge in [0, 0.05) is 18.7 Å². The van der Waals surface area contributed by atoms with Crippen molar-refractivity contribution in [1.82, 2.24) is 4.90 Å². The summed E-state index contributed by atoms with van der Waals surface area (Å²) in [6.07, 6.45) is 13.7. The SMILES string of the molecule is O=C1C=CC(=O)N1CCCCCCCCCCCS. The molecule has 108 valence electrons. The third kappa shape index (κ3) is 6.81. The van der Waals surface area contributed by atoms with Crippen LogP contribution in [-0.2, 0) is 9.59 Å². The zero-order chi connectivity index (χ0) is 13.9. The van der Waals surface area contributed by atoms with Gasteiger partial charge in [-0.15, -0.1) is 0 Å². The minimum absolute atomic E-state index is 0.158. The lowest BCUT2D eigenvalue weighted by Gasteiger charge is -2.12. The topological polar surface area (TPSA) is 37.4 Å². The summed E-state index contributed by atoms with van der Waals surface area (Å²) in [5, 5.41) is 0. The van der Waals surface area contributed by atoms with Crippen molar-refractivity contribution >= 4 is 24.4 Å². The molecule has 0 saturated heterocycles. The molecule has 0 aromatic carbocycles. The van der Waals surface area contributed by atoms with E-state index in [9.17, 15) is 9.59 Å². The molecule has 0 aromatic rings. The van der Waals surface area contributed by atoms with Gasteiger partial charge in [-0.25, -0.2) is 0 Å². The quantitative estimate of drug-likeness (QED) is 0.359. The molecular weight excluding hydrogens is 258 g/mol. The highest BCUT2D eigenvalue weighted by Crippen LogP contribution is 2.11. The second kappa shape index (κ2) is 10.1. The number of carbonyl (C=O) groups excluding carboxylic acids is 2. The predicted octanol–water partition coefficient (Wildman–Crippen LogP) is 3.35. The normalized spacial score (nSPS) is 14.7. The first-order valence-electron chi connectivity index (χ1n) is 7.40. The van der Waals surface area contributed by atoms with Crippen LogP contribution in [0.5, 0.6) is 0 Å². The van der Waals surface area contributed by atoms with Gasteiger partial charge in [0.2, 0.25) is 0 Å². The number of amides is 2. The third-order valence-corrected chi connectivity index (χ3v) is 3.76. The van der Waals surface area contributed by atoms with Gasteiger partial charge in [0.1, 0.15) is 0 Å². The summed E-state index contributed by atoms with van der Waals surface area (Å²) in [4.78, 5) is 23.9. The van der Waals surface area contributed by atoms with E-state index in [1.807, 2.05) is 0 Å². The standard InChI is InChI=1S/C15H25NO2S/c17-14-10-11-15(18)16(14)12-8-6-4-2-1-3-5-7-9-13-19/h10-11,19H,1-9,12-13H2. The molecule has 19 heavy (non-hydrogen) atoms. The number of thiol groups is 1. The first-order chi connectivity index (χ1) is 9.25. The van der Waals surface area contributed by atoms with Crippen LogP contribution < -0.4 is 0 Å². The Hall–Kier alpha value is -0.770. The summed E-state index contributed by atoms with van der Waals surface area (Å²) in [6.45, 7) is 0.576. The van der Waals surface area contributed by atoms with Crippen LogP contribution in [0.2, 0.25) is 0 Å². The molecule has 0 saturated carbocycles. The molecular formula is C15H25NO2S. The van der Waals surface area contributed by atoms with E-state index in [1.165, 1.54) is 62.0 Å². The monoisotopic (exact) mass is 283 g/mol. The number of nitrogens with zero attached hydrogens (tertiary/aromatic N) is 1. The summed E-state index contributed by atoms with van der Waals surface area (Å²) >= 11 is 4.20. The van der Waals surface area contributed by atoms with Gasteiger partial charge in [-0.3, -0.25) is 14.5 Å². The van der Waals surface area contributed by atoms with E-state index in [-0.39, 0.29) is 11.8 Å². The maximum absolute atomic E-state index is 11.3. The summed E-state index contributed by atoms with van der Waals surface area (Å²) in [5.74, 6) is 0.686. The maximum Gasteiger partial charge on any atom is 0.253 e. The molecule has 3 nitrogen and oxygen atoms in total. The molecule has 0 aliphatic carbocycles. The van der Waals surface area contributed by atoms with E-state index in [0.29, 0.717) is 6.54 Å². The molecule has 1 aliphatic rings. The van der Waals surface area contributed by atoms with Crippen molar-refractivity contribution < 1.29 is 9.59 Å². The fourth-order valence-electron chi connectivity index (χ4n) is 2.27. The smallest absolute Gasteiger partial charge is 0.253 e. The molecule has 0 bridgehead atoms. The minimum atomic E-state index is -0.158. The predicted molar refractivity (Wildman–Crippen MR) is 81.3 cm³/mol. The van der Waals surface area contributed by atoms with E-state index in [4.69, 9.17) is 0 Å². The third-order valence-electron chi connectivity index (χ3n) is 3.44. The second-order valence-corrected chi connectivity index (χ2v) is 5.51. The van der Waals surface area contributed by atoms with Gasteiger partial charge < -0.3 is 0 Å². The average molecular weight is 283 g/mol. The lowest BCUT2D eigenvalue weighted by atomic mass is 10.1. The average Bonchev–Trinajstić information content (AvgIpc) is 2.72. The zero-order valence-electron chi connectivity index (χ0n) is 11.6. The van der Waals surface area contributed by atoms with Gasteiger partial charge >= 0.3 is 0 Å². The zero-order valence-corrected chi connectivity index (χ0v) is 12.5. The summed E-state index contributed by atoms with van der Waals surface area (Å²) in [6, 6.07) is 0. The van der Waals surface area contributed by atoms with Gasteiger partial charge in [0.05, 0.1) is 0 Å². The first kappa shape index (κ1) is 16.3. The van der Waals surface area contributed by atoms with Crippen LogP contribution in [0.1, 0.15) is 57.8 Å². The highest BCUT2D eigenvalue weighted by molar-refractivity contribution is 7.80. The van der Waals surface area contributed by atoms with E-state index in [0.717, 1.165) is 18.6 Å². The highest BCUT2D eigenvalue weighted by atomic mass is 32.1. The van der Waals surface area contributed by atoms with E-state index < -0.39 is 0 Å². The number of imide groups is 1. The number of hydrogen-bond donors (Lipinski definition) is 1. The molecule has 1 heterocycles. The lowest BCUT2D eigenvalue weighted by Crippen LogP contribution is -2.30. The fraction of sp³-hybridized carbons (Fsp3) is 0.733. The molecule has 4 heteroatoms. The van der Waals surface area contributed by atoms with Crippen LogP contribution in [0.25, 0.3) is 0 Å². The Balaban J connectivity index is 1.86. The van der Waals surface area contributed by atoms with Crippen molar-refractivity contribution in [3.63, 3.8) is 0 Å². The fourth-order valence-corrected chi connectivity index (χ4v) is 2.49. The molecule has 1 rings (SSSR count). The Morgan fingerprint density at radius 1 is 0.737 bits per heavy atom. The Kier molecular flexibility index (Phi) is 8.63. The van der Waals surface area contributed by atoms with Crippen LogP contribution in [-0.4, -0.2) is 29.0 Å².